The van der Waals surface area contributed by atoms with Crippen LogP contribution in [-0.4, -0.2) is 33.8 Å². The van der Waals surface area contributed by atoms with E-state index in [1.165, 1.54) is 12.3 Å². The summed E-state index contributed by atoms with van der Waals surface area (Å²) < 4.78 is 0. The lowest BCUT2D eigenvalue weighted by molar-refractivity contribution is 0.0690. The number of aromatic carboxylic acids is 1. The summed E-state index contributed by atoms with van der Waals surface area (Å²) in [6.07, 6.45) is 2.13. The van der Waals surface area contributed by atoms with Crippen molar-refractivity contribution in [2.45, 2.75) is 12.5 Å². The van der Waals surface area contributed by atoms with Crippen LogP contribution in [0.2, 0.25) is 0 Å². The number of hydrogen-bond acceptors (Lipinski definition) is 4. The Morgan fingerprint density at radius 1 is 1.20 bits per heavy atom. The van der Waals surface area contributed by atoms with Gasteiger partial charge in [-0.05, 0) is 24.1 Å². The van der Waals surface area contributed by atoms with Crippen molar-refractivity contribution in [3.05, 3.63) is 59.9 Å². The molecule has 3 N–H and O–H groups in total. The third-order valence-electron chi connectivity index (χ3n) is 2.90. The van der Waals surface area contributed by atoms with E-state index in [0.29, 0.717) is 12.1 Å². The van der Waals surface area contributed by atoms with Crippen LogP contribution in [0.3, 0.4) is 0 Å². The highest BCUT2D eigenvalue weighted by molar-refractivity contribution is 5.85. The van der Waals surface area contributed by atoms with Crippen LogP contribution in [0.1, 0.15) is 16.1 Å². The number of carboxylic acids is 1. The zero-order valence-corrected chi connectivity index (χ0v) is 10.9. The molecule has 0 saturated carbocycles. The molecule has 1 atom stereocenters. The van der Waals surface area contributed by atoms with Crippen LogP contribution in [0.5, 0.6) is 0 Å². The highest BCUT2D eigenvalue weighted by Gasteiger charge is 2.09. The van der Waals surface area contributed by atoms with Crippen molar-refractivity contribution in [1.82, 2.24) is 4.98 Å². The van der Waals surface area contributed by atoms with Crippen molar-refractivity contribution in [2.75, 3.05) is 11.9 Å². The Labute approximate surface area is 116 Å². The van der Waals surface area contributed by atoms with Gasteiger partial charge in [-0.1, -0.05) is 30.3 Å². The van der Waals surface area contributed by atoms with Gasteiger partial charge in [0.2, 0.25) is 0 Å². The quantitative estimate of drug-likeness (QED) is 0.747. The van der Waals surface area contributed by atoms with Gasteiger partial charge >= 0.3 is 5.97 Å². The summed E-state index contributed by atoms with van der Waals surface area (Å²) in [6, 6.07) is 12.8. The number of benzene rings is 1. The van der Waals surface area contributed by atoms with Crippen LogP contribution in [0.15, 0.2) is 48.7 Å². The normalized spacial score (nSPS) is 11.8. The topological polar surface area (TPSA) is 82.5 Å². The molecule has 2 rings (SSSR count). The van der Waals surface area contributed by atoms with E-state index in [1.54, 1.807) is 6.07 Å². The smallest absolute Gasteiger partial charge is 0.354 e. The number of rotatable bonds is 6. The number of nitrogens with zero attached hydrogens (tertiary/aromatic N) is 1. The summed E-state index contributed by atoms with van der Waals surface area (Å²) in [5.41, 5.74) is 1.80. The molecule has 1 unspecified atom stereocenters. The van der Waals surface area contributed by atoms with Gasteiger partial charge in [0.05, 0.1) is 24.5 Å². The minimum absolute atomic E-state index is 0.000780. The molecule has 1 aromatic carbocycles. The molecule has 104 valence electrons. The van der Waals surface area contributed by atoms with Gasteiger partial charge in [0.25, 0.3) is 0 Å². The summed E-state index contributed by atoms with van der Waals surface area (Å²) in [5.74, 6) is -1.06. The van der Waals surface area contributed by atoms with E-state index in [9.17, 15) is 9.90 Å². The fraction of sp³-hybridized carbons (Fsp3) is 0.200. The fourth-order valence-electron chi connectivity index (χ4n) is 1.90. The standard InChI is InChI=1S/C15H16N2O3/c18-10-13(8-11-4-2-1-3-5-11)17-12-6-7-14(15(19)20)16-9-12/h1-7,9,13,17-18H,8,10H2,(H,19,20). The highest BCUT2D eigenvalue weighted by Crippen LogP contribution is 2.11. The molecule has 1 heterocycles. The molecule has 0 saturated heterocycles. The predicted molar refractivity (Wildman–Crippen MR) is 75.8 cm³/mol. The first kappa shape index (κ1) is 14.0. The van der Waals surface area contributed by atoms with E-state index in [4.69, 9.17) is 5.11 Å². The number of anilines is 1. The second-order valence-corrected chi connectivity index (χ2v) is 4.45. The molecule has 0 radical (unpaired) electrons. The van der Waals surface area contributed by atoms with Gasteiger partial charge in [-0.25, -0.2) is 9.78 Å². The maximum atomic E-state index is 10.7. The Hall–Kier alpha value is -2.40. The number of carbonyl (C=O) groups is 1. The highest BCUT2D eigenvalue weighted by atomic mass is 16.4. The zero-order chi connectivity index (χ0) is 14.4. The van der Waals surface area contributed by atoms with E-state index < -0.39 is 5.97 Å². The van der Waals surface area contributed by atoms with Gasteiger partial charge in [-0.15, -0.1) is 0 Å². The minimum Gasteiger partial charge on any atom is -0.477 e. The predicted octanol–water partition coefficient (Wildman–Crippen LogP) is 1.80. The van der Waals surface area contributed by atoms with E-state index in [-0.39, 0.29) is 18.3 Å². The molecule has 2 aromatic rings. The van der Waals surface area contributed by atoms with Gasteiger partial charge in [0.15, 0.2) is 0 Å². The number of aliphatic hydroxyl groups is 1. The summed E-state index contributed by atoms with van der Waals surface area (Å²) in [6.45, 7) is -0.0183. The lowest BCUT2D eigenvalue weighted by atomic mass is 10.1. The van der Waals surface area contributed by atoms with Gasteiger partial charge in [-0.3, -0.25) is 0 Å². The van der Waals surface area contributed by atoms with Crippen molar-refractivity contribution in [2.24, 2.45) is 0 Å². The van der Waals surface area contributed by atoms with Crippen molar-refractivity contribution >= 4 is 11.7 Å². The summed E-state index contributed by atoms with van der Waals surface area (Å²) in [4.78, 5) is 14.5. The van der Waals surface area contributed by atoms with Crippen LogP contribution in [-0.2, 0) is 6.42 Å². The van der Waals surface area contributed by atoms with Crippen molar-refractivity contribution < 1.29 is 15.0 Å². The van der Waals surface area contributed by atoms with E-state index in [2.05, 4.69) is 10.3 Å². The van der Waals surface area contributed by atoms with Gasteiger partial charge < -0.3 is 15.5 Å². The molecule has 0 bridgehead atoms. The Morgan fingerprint density at radius 2 is 1.95 bits per heavy atom. The summed E-state index contributed by atoms with van der Waals surface area (Å²) in [7, 11) is 0. The number of hydrogen-bond donors (Lipinski definition) is 3. The SMILES string of the molecule is O=C(O)c1ccc(NC(CO)Cc2ccccc2)cn1. The largest absolute Gasteiger partial charge is 0.477 e. The third-order valence-corrected chi connectivity index (χ3v) is 2.90. The van der Waals surface area contributed by atoms with Crippen LogP contribution in [0.4, 0.5) is 5.69 Å². The lowest BCUT2D eigenvalue weighted by Gasteiger charge is -2.17. The van der Waals surface area contributed by atoms with Crippen LogP contribution in [0.25, 0.3) is 0 Å². The van der Waals surface area contributed by atoms with E-state index in [1.807, 2.05) is 30.3 Å². The Balaban J connectivity index is 2.01. The van der Waals surface area contributed by atoms with Gasteiger partial charge in [0, 0.05) is 0 Å². The molecule has 0 amide bonds. The molecule has 0 fully saturated rings. The minimum atomic E-state index is -1.06. The van der Waals surface area contributed by atoms with Crippen LogP contribution < -0.4 is 5.32 Å². The van der Waals surface area contributed by atoms with E-state index >= 15 is 0 Å². The molecule has 5 heteroatoms. The molecule has 0 aliphatic carbocycles. The van der Waals surface area contributed by atoms with Crippen molar-refractivity contribution in [1.29, 1.82) is 0 Å². The molecule has 0 aliphatic rings. The van der Waals surface area contributed by atoms with Gasteiger partial charge in [0.1, 0.15) is 5.69 Å². The van der Waals surface area contributed by atoms with Crippen LogP contribution in [0, 0.1) is 0 Å². The molecule has 20 heavy (non-hydrogen) atoms. The molecular formula is C15H16N2O3. The first-order chi connectivity index (χ1) is 9.69. The molecule has 0 aliphatic heterocycles. The number of pyridine rings is 1. The van der Waals surface area contributed by atoms with Crippen molar-refractivity contribution in [3.8, 4) is 0 Å². The number of carboxylic acid groups (broad SMARTS) is 1. The number of aliphatic hydroxyl groups excluding tert-OH is 1. The summed E-state index contributed by atoms with van der Waals surface area (Å²) in [5, 5.41) is 21.3. The second-order valence-electron chi connectivity index (χ2n) is 4.45. The zero-order valence-electron chi connectivity index (χ0n) is 10.9. The average Bonchev–Trinajstić information content (AvgIpc) is 2.48. The third kappa shape index (κ3) is 3.80. The number of aromatic nitrogens is 1. The molecular weight excluding hydrogens is 256 g/mol. The monoisotopic (exact) mass is 272 g/mol. The van der Waals surface area contributed by atoms with E-state index in [0.717, 1.165) is 5.56 Å². The van der Waals surface area contributed by atoms with Crippen molar-refractivity contribution in [3.63, 3.8) is 0 Å². The maximum absolute atomic E-state index is 10.7. The maximum Gasteiger partial charge on any atom is 0.354 e. The molecule has 5 nitrogen and oxygen atoms in total. The first-order valence-electron chi connectivity index (χ1n) is 6.29. The molecule has 0 spiro atoms. The van der Waals surface area contributed by atoms with Crippen LogP contribution >= 0.6 is 0 Å². The summed E-state index contributed by atoms with van der Waals surface area (Å²) >= 11 is 0. The Kier molecular flexibility index (Phi) is 4.68. The Morgan fingerprint density at radius 3 is 2.50 bits per heavy atom. The van der Waals surface area contributed by atoms with Gasteiger partial charge in [-0.2, -0.15) is 0 Å². The average molecular weight is 272 g/mol. The number of nitrogens with one attached hydrogen (secondary N) is 1. The lowest BCUT2D eigenvalue weighted by Crippen LogP contribution is -2.26. The Bertz CT molecular complexity index is 555. The molecule has 1 aromatic heterocycles. The fourth-order valence-corrected chi connectivity index (χ4v) is 1.90. The second kappa shape index (κ2) is 6.68. The first-order valence-corrected chi connectivity index (χ1v) is 6.29.